The Labute approximate surface area is 123 Å². The van der Waals surface area contributed by atoms with Gasteiger partial charge in [-0.2, -0.15) is 0 Å². The molecule has 2 N–H and O–H groups in total. The first-order valence-corrected chi connectivity index (χ1v) is 6.68. The van der Waals surface area contributed by atoms with Crippen molar-refractivity contribution in [2.24, 2.45) is 0 Å². The molecule has 1 aromatic carbocycles. The van der Waals surface area contributed by atoms with Gasteiger partial charge < -0.3 is 10.4 Å². The van der Waals surface area contributed by atoms with Gasteiger partial charge in [-0.25, -0.2) is 0 Å². The second-order valence-electron chi connectivity index (χ2n) is 4.65. The van der Waals surface area contributed by atoms with Crippen LogP contribution in [0, 0.1) is 6.92 Å². The lowest BCUT2D eigenvalue weighted by molar-refractivity contribution is -0.117. The van der Waals surface area contributed by atoms with E-state index in [9.17, 15) is 9.90 Å². The molecule has 0 aliphatic heterocycles. The lowest BCUT2D eigenvalue weighted by Crippen LogP contribution is -2.34. The lowest BCUT2D eigenvalue weighted by Gasteiger charge is -2.18. The van der Waals surface area contributed by atoms with Gasteiger partial charge in [0.25, 0.3) is 0 Å². The molecule has 0 saturated carbocycles. The van der Waals surface area contributed by atoms with Gasteiger partial charge in [-0.15, -0.1) is 0 Å². The first-order chi connectivity index (χ1) is 8.81. The number of aliphatic hydroxyl groups is 1. The average molecular weight is 305 g/mol. The summed E-state index contributed by atoms with van der Waals surface area (Å²) in [6.45, 7) is 4.09. The molecule has 0 aliphatic rings. The Bertz CT molecular complexity index is 464. The van der Waals surface area contributed by atoms with Crippen molar-refractivity contribution in [2.45, 2.75) is 20.0 Å². The monoisotopic (exact) mass is 304 g/mol. The molecule has 0 saturated heterocycles. The van der Waals surface area contributed by atoms with E-state index in [2.05, 4.69) is 5.32 Å². The van der Waals surface area contributed by atoms with Crippen LogP contribution in [-0.4, -0.2) is 42.2 Å². The molecule has 0 fully saturated rings. The van der Waals surface area contributed by atoms with Crippen LogP contribution in [0.4, 0.5) is 5.69 Å². The summed E-state index contributed by atoms with van der Waals surface area (Å²) in [7, 11) is 1.76. The number of aryl methyl sites for hydroxylation is 1. The van der Waals surface area contributed by atoms with E-state index in [4.69, 9.17) is 23.2 Å². The minimum atomic E-state index is -0.482. The second kappa shape index (κ2) is 7.10. The molecule has 0 aliphatic carbocycles. The van der Waals surface area contributed by atoms with Crippen LogP contribution in [0.15, 0.2) is 12.1 Å². The fourth-order valence-electron chi connectivity index (χ4n) is 1.71. The highest BCUT2D eigenvalue weighted by atomic mass is 35.5. The van der Waals surface area contributed by atoms with E-state index in [-0.39, 0.29) is 12.5 Å². The molecule has 1 atom stereocenters. The quantitative estimate of drug-likeness (QED) is 0.879. The molecule has 0 radical (unpaired) electrons. The Morgan fingerprint density at radius 3 is 2.68 bits per heavy atom. The Morgan fingerprint density at radius 2 is 2.11 bits per heavy atom. The van der Waals surface area contributed by atoms with Gasteiger partial charge in [0.2, 0.25) is 5.91 Å². The summed E-state index contributed by atoms with van der Waals surface area (Å²) in [4.78, 5) is 13.6. The number of aliphatic hydroxyl groups excluding tert-OH is 1. The number of anilines is 1. The number of likely N-dealkylation sites (N-methyl/N-ethyl adjacent to an activating group) is 1. The summed E-state index contributed by atoms with van der Waals surface area (Å²) in [6.07, 6.45) is -0.482. The van der Waals surface area contributed by atoms with Crippen molar-refractivity contribution in [3.8, 4) is 0 Å². The molecule has 1 unspecified atom stereocenters. The van der Waals surface area contributed by atoms with Gasteiger partial charge in [0, 0.05) is 6.54 Å². The number of hydrogen-bond acceptors (Lipinski definition) is 3. The number of halogens is 2. The Morgan fingerprint density at radius 1 is 1.47 bits per heavy atom. The molecule has 19 heavy (non-hydrogen) atoms. The summed E-state index contributed by atoms with van der Waals surface area (Å²) in [5.74, 6) is -0.224. The van der Waals surface area contributed by atoms with Crippen molar-refractivity contribution >= 4 is 34.8 Å². The molecule has 0 aromatic heterocycles. The highest BCUT2D eigenvalue weighted by molar-refractivity contribution is 6.40. The average Bonchev–Trinajstić information content (AvgIpc) is 2.28. The van der Waals surface area contributed by atoms with Crippen molar-refractivity contribution in [1.29, 1.82) is 0 Å². The predicted octanol–water partition coefficient (Wildman–Crippen LogP) is 2.55. The zero-order chi connectivity index (χ0) is 14.6. The number of carbonyl (C=O) groups is 1. The van der Waals surface area contributed by atoms with E-state index >= 15 is 0 Å². The van der Waals surface area contributed by atoms with Crippen molar-refractivity contribution in [3.63, 3.8) is 0 Å². The maximum absolute atomic E-state index is 11.9. The third-order valence-corrected chi connectivity index (χ3v) is 3.34. The van der Waals surface area contributed by atoms with E-state index in [1.165, 1.54) is 0 Å². The maximum atomic E-state index is 11.9. The second-order valence-corrected chi connectivity index (χ2v) is 5.43. The van der Waals surface area contributed by atoms with Gasteiger partial charge in [0.1, 0.15) is 0 Å². The Kier molecular flexibility index (Phi) is 6.07. The highest BCUT2D eigenvalue weighted by Gasteiger charge is 2.13. The molecular formula is C13H18Cl2N2O2. The molecular weight excluding hydrogens is 287 g/mol. The van der Waals surface area contributed by atoms with Crippen LogP contribution in [0.3, 0.4) is 0 Å². The molecule has 6 heteroatoms. The maximum Gasteiger partial charge on any atom is 0.238 e. The molecule has 0 bridgehead atoms. The van der Waals surface area contributed by atoms with Crippen LogP contribution in [0.25, 0.3) is 0 Å². The van der Waals surface area contributed by atoms with Crippen LogP contribution in [-0.2, 0) is 4.79 Å². The smallest absolute Gasteiger partial charge is 0.238 e. The summed E-state index contributed by atoms with van der Waals surface area (Å²) in [6, 6.07) is 3.48. The number of rotatable bonds is 5. The van der Waals surface area contributed by atoms with Crippen LogP contribution >= 0.6 is 23.2 Å². The first kappa shape index (κ1) is 16.2. The van der Waals surface area contributed by atoms with E-state index in [0.717, 1.165) is 5.56 Å². The number of nitrogens with one attached hydrogen (secondary N) is 1. The van der Waals surface area contributed by atoms with Crippen LogP contribution in [0.2, 0.25) is 10.0 Å². The van der Waals surface area contributed by atoms with Crippen molar-refractivity contribution in [2.75, 3.05) is 25.5 Å². The van der Waals surface area contributed by atoms with Gasteiger partial charge in [-0.1, -0.05) is 29.3 Å². The number of benzene rings is 1. The molecule has 0 spiro atoms. The van der Waals surface area contributed by atoms with Crippen LogP contribution in [0.1, 0.15) is 12.5 Å². The van der Waals surface area contributed by atoms with Crippen molar-refractivity contribution < 1.29 is 9.90 Å². The number of carbonyl (C=O) groups excluding carboxylic acids is 1. The van der Waals surface area contributed by atoms with E-state index in [1.807, 2.05) is 6.92 Å². The largest absolute Gasteiger partial charge is 0.392 e. The topological polar surface area (TPSA) is 52.6 Å². The summed E-state index contributed by atoms with van der Waals surface area (Å²) >= 11 is 12.1. The molecule has 1 amide bonds. The molecule has 1 aromatic rings. The number of hydrogen-bond donors (Lipinski definition) is 2. The molecule has 1 rings (SSSR count). The summed E-state index contributed by atoms with van der Waals surface area (Å²) < 4.78 is 0. The van der Waals surface area contributed by atoms with Crippen LogP contribution in [0.5, 0.6) is 0 Å². The van der Waals surface area contributed by atoms with Gasteiger partial charge in [-0.3, -0.25) is 9.69 Å². The molecule has 0 heterocycles. The third kappa shape index (κ3) is 4.99. The van der Waals surface area contributed by atoms with E-state index in [0.29, 0.717) is 22.3 Å². The minimum absolute atomic E-state index is 0.158. The third-order valence-electron chi connectivity index (χ3n) is 2.54. The lowest BCUT2D eigenvalue weighted by atomic mass is 10.2. The predicted molar refractivity (Wildman–Crippen MR) is 79.0 cm³/mol. The SMILES string of the molecule is Cc1ccc(Cl)c(NC(=O)CN(C)CC(C)O)c1Cl. The number of nitrogens with zero attached hydrogens (tertiary/aromatic N) is 1. The van der Waals surface area contributed by atoms with Gasteiger partial charge in [0.15, 0.2) is 0 Å². The minimum Gasteiger partial charge on any atom is -0.392 e. The fourth-order valence-corrected chi connectivity index (χ4v) is 2.18. The summed E-state index contributed by atoms with van der Waals surface area (Å²) in [5.41, 5.74) is 1.28. The standard InChI is InChI=1S/C13H18Cl2N2O2/c1-8-4-5-10(14)13(12(8)15)16-11(19)7-17(3)6-9(2)18/h4-5,9,18H,6-7H2,1-3H3,(H,16,19). The van der Waals surface area contributed by atoms with Gasteiger partial charge >= 0.3 is 0 Å². The van der Waals surface area contributed by atoms with Crippen molar-refractivity contribution in [1.82, 2.24) is 4.90 Å². The van der Waals surface area contributed by atoms with Crippen molar-refractivity contribution in [3.05, 3.63) is 27.7 Å². The highest BCUT2D eigenvalue weighted by Crippen LogP contribution is 2.32. The van der Waals surface area contributed by atoms with Crippen LogP contribution < -0.4 is 5.32 Å². The van der Waals surface area contributed by atoms with Gasteiger partial charge in [-0.05, 0) is 32.5 Å². The van der Waals surface area contributed by atoms with E-state index in [1.54, 1.807) is 31.0 Å². The number of amides is 1. The van der Waals surface area contributed by atoms with E-state index < -0.39 is 6.10 Å². The molecule has 106 valence electrons. The Balaban J connectivity index is 2.70. The normalized spacial score (nSPS) is 12.6. The Hall–Kier alpha value is -0.810. The first-order valence-electron chi connectivity index (χ1n) is 5.92. The summed E-state index contributed by atoms with van der Waals surface area (Å²) in [5, 5.41) is 12.8. The zero-order valence-corrected chi connectivity index (χ0v) is 12.7. The fraction of sp³-hybridized carbons (Fsp3) is 0.462. The molecule has 4 nitrogen and oxygen atoms in total. The zero-order valence-electron chi connectivity index (χ0n) is 11.2. The van der Waals surface area contributed by atoms with Gasteiger partial charge in [0.05, 0.1) is 28.4 Å².